The summed E-state index contributed by atoms with van der Waals surface area (Å²) in [6.07, 6.45) is -8.58. The van der Waals surface area contributed by atoms with Crippen molar-refractivity contribution in [1.29, 1.82) is 0 Å². The van der Waals surface area contributed by atoms with Gasteiger partial charge in [0, 0.05) is 18.7 Å². The van der Waals surface area contributed by atoms with Gasteiger partial charge in [-0.1, -0.05) is 12.1 Å². The largest absolute Gasteiger partial charge is 0.421 e. The number of rotatable bonds is 4. The van der Waals surface area contributed by atoms with Crippen molar-refractivity contribution in [2.75, 3.05) is 26.3 Å². The summed E-state index contributed by atoms with van der Waals surface area (Å²) in [6, 6.07) is 4.17. The summed E-state index contributed by atoms with van der Waals surface area (Å²) in [5, 5.41) is 10.3. The Morgan fingerprint density at radius 1 is 1.06 bits per heavy atom. The Morgan fingerprint density at radius 2 is 1.74 bits per heavy atom. The summed E-state index contributed by atoms with van der Waals surface area (Å²) < 4.78 is 85.4. The Kier molecular flexibility index (Phi) is 6.60. The van der Waals surface area contributed by atoms with E-state index in [1.807, 2.05) is 0 Å². The van der Waals surface area contributed by atoms with E-state index in [0.29, 0.717) is 38.1 Å². The zero-order valence-electron chi connectivity index (χ0n) is 17.9. The Balaban J connectivity index is 1.63. The van der Waals surface area contributed by atoms with Crippen LogP contribution in [0.1, 0.15) is 17.0 Å². The number of guanidine groups is 1. The number of nitrogens with zero attached hydrogens (tertiary/aromatic N) is 7. The van der Waals surface area contributed by atoms with E-state index in [1.165, 1.54) is 12.1 Å². The van der Waals surface area contributed by atoms with E-state index in [1.54, 1.807) is 4.90 Å². The highest BCUT2D eigenvalue weighted by Gasteiger charge is 2.37. The van der Waals surface area contributed by atoms with Crippen LogP contribution in [0.15, 0.2) is 40.4 Å². The summed E-state index contributed by atoms with van der Waals surface area (Å²) in [4.78, 5) is 13.7. The molecule has 0 amide bonds. The number of hydrogen-bond donors (Lipinski definition) is 1. The molecule has 1 saturated heterocycles. The number of aromatic amines is 1. The van der Waals surface area contributed by atoms with Crippen molar-refractivity contribution in [1.82, 2.24) is 29.9 Å². The first-order valence-corrected chi connectivity index (χ1v) is 10.2. The molecule has 0 unspecified atom stereocenters. The summed E-state index contributed by atoms with van der Waals surface area (Å²) in [5.41, 5.74) is -1.61. The van der Waals surface area contributed by atoms with Crippen LogP contribution in [0, 0.1) is 0 Å². The summed E-state index contributed by atoms with van der Waals surface area (Å²) in [6.45, 7) is 4.63. The number of benzene rings is 1. The molecule has 2 aromatic heterocycles. The van der Waals surface area contributed by atoms with Crippen molar-refractivity contribution in [3.63, 3.8) is 0 Å². The van der Waals surface area contributed by atoms with Gasteiger partial charge in [0.2, 0.25) is 5.96 Å². The van der Waals surface area contributed by atoms with Gasteiger partial charge in [-0.2, -0.15) is 41.5 Å². The summed E-state index contributed by atoms with van der Waals surface area (Å²) in [5.74, 6) is -0.321. The first-order chi connectivity index (χ1) is 16.6. The van der Waals surface area contributed by atoms with Gasteiger partial charge in [-0.3, -0.25) is 5.10 Å². The average molecular weight is 500 g/mol. The summed E-state index contributed by atoms with van der Waals surface area (Å²) in [7, 11) is 0. The highest BCUT2D eigenvalue weighted by Crippen LogP contribution is 2.37. The second kappa shape index (κ2) is 9.48. The molecule has 9 nitrogen and oxygen atoms in total. The van der Waals surface area contributed by atoms with Crippen molar-refractivity contribution in [2.24, 2.45) is 9.98 Å². The zero-order chi connectivity index (χ0) is 25.2. The van der Waals surface area contributed by atoms with Crippen molar-refractivity contribution in [2.45, 2.75) is 18.9 Å². The van der Waals surface area contributed by atoms with Gasteiger partial charge in [-0.15, -0.1) is 0 Å². The first-order valence-electron chi connectivity index (χ1n) is 10.2. The predicted molar refractivity (Wildman–Crippen MR) is 112 cm³/mol. The zero-order valence-corrected chi connectivity index (χ0v) is 17.9. The van der Waals surface area contributed by atoms with Gasteiger partial charge >= 0.3 is 12.4 Å². The van der Waals surface area contributed by atoms with Crippen molar-refractivity contribution < 1.29 is 31.1 Å². The number of alkyl halides is 6. The number of hydrogen-bond acceptors (Lipinski definition) is 5. The second-order valence-corrected chi connectivity index (χ2v) is 7.39. The molecular formula is C20H18F6N8O. The van der Waals surface area contributed by atoms with Crippen LogP contribution in [-0.2, 0) is 23.6 Å². The minimum atomic E-state index is -4.73. The van der Waals surface area contributed by atoms with Gasteiger partial charge in [0.25, 0.3) is 0 Å². The van der Waals surface area contributed by atoms with Gasteiger partial charge in [0.15, 0.2) is 11.6 Å². The van der Waals surface area contributed by atoms with Gasteiger partial charge in [0.1, 0.15) is 17.9 Å². The van der Waals surface area contributed by atoms with Crippen LogP contribution >= 0.6 is 0 Å². The molecule has 35 heavy (non-hydrogen) atoms. The van der Waals surface area contributed by atoms with E-state index in [4.69, 9.17) is 4.74 Å². The molecule has 3 heterocycles. The Bertz CT molecular complexity index is 1210. The topological polar surface area (TPSA) is 96.6 Å². The molecule has 0 atom stereocenters. The normalized spacial score (nSPS) is 15.5. The fourth-order valence-corrected chi connectivity index (χ4v) is 3.32. The maximum absolute atomic E-state index is 13.6. The fourth-order valence-electron chi connectivity index (χ4n) is 3.32. The molecule has 1 aromatic carbocycles. The molecule has 0 aliphatic carbocycles. The molecule has 0 saturated carbocycles. The van der Waals surface area contributed by atoms with E-state index in [2.05, 4.69) is 37.0 Å². The lowest BCUT2D eigenvalue weighted by Crippen LogP contribution is -2.39. The van der Waals surface area contributed by atoms with E-state index < -0.39 is 29.3 Å². The predicted octanol–water partition coefficient (Wildman–Crippen LogP) is 3.77. The third kappa shape index (κ3) is 5.50. The van der Waals surface area contributed by atoms with Gasteiger partial charge in [-0.25, -0.2) is 14.7 Å². The minimum absolute atomic E-state index is 0.0106. The second-order valence-electron chi connectivity index (χ2n) is 7.39. The molecule has 15 heteroatoms. The molecule has 0 spiro atoms. The van der Waals surface area contributed by atoms with Crippen LogP contribution < -0.4 is 0 Å². The minimum Gasteiger partial charge on any atom is -0.378 e. The number of aromatic nitrogens is 5. The third-order valence-electron chi connectivity index (χ3n) is 5.06. The molecular weight excluding hydrogens is 482 g/mol. The van der Waals surface area contributed by atoms with E-state index in [0.717, 1.165) is 16.8 Å². The lowest BCUT2D eigenvalue weighted by molar-refractivity contribution is -0.138. The Labute approximate surface area is 194 Å². The highest BCUT2D eigenvalue weighted by atomic mass is 19.4. The molecule has 1 aliphatic heterocycles. The molecule has 1 N–H and O–H groups in total. The van der Waals surface area contributed by atoms with E-state index >= 15 is 0 Å². The average Bonchev–Trinajstić information content (AvgIpc) is 3.45. The Hall–Kier alpha value is -3.75. The van der Waals surface area contributed by atoms with Crippen LogP contribution in [0.25, 0.3) is 11.4 Å². The number of ether oxygens (including phenoxy) is 1. The van der Waals surface area contributed by atoms with Gasteiger partial charge < -0.3 is 9.64 Å². The van der Waals surface area contributed by atoms with Crippen molar-refractivity contribution in [3.05, 3.63) is 47.4 Å². The van der Waals surface area contributed by atoms with Crippen LogP contribution in [-0.4, -0.2) is 68.8 Å². The van der Waals surface area contributed by atoms with Crippen LogP contribution in [0.4, 0.5) is 32.2 Å². The number of H-pyrrole nitrogens is 1. The molecule has 0 radical (unpaired) electrons. The first kappa shape index (κ1) is 24.4. The smallest absolute Gasteiger partial charge is 0.378 e. The quantitative estimate of drug-likeness (QED) is 0.334. The van der Waals surface area contributed by atoms with Gasteiger partial charge in [0.05, 0.1) is 25.0 Å². The maximum Gasteiger partial charge on any atom is 0.421 e. The molecule has 4 rings (SSSR count). The SMILES string of the molecule is C=NC(=Nc1c(C(F)(F)F)cnn1Cc1nc(-c2ccc(C(F)(F)F)cc2)n[nH]1)N1CCOCC1. The molecule has 1 fully saturated rings. The number of halogens is 6. The van der Waals surface area contributed by atoms with Crippen molar-refractivity contribution in [3.8, 4) is 11.4 Å². The number of morpholine rings is 1. The molecule has 186 valence electrons. The Morgan fingerprint density at radius 3 is 2.34 bits per heavy atom. The van der Waals surface area contributed by atoms with Crippen LogP contribution in [0.3, 0.4) is 0 Å². The van der Waals surface area contributed by atoms with Gasteiger partial charge in [-0.05, 0) is 18.9 Å². The maximum atomic E-state index is 13.6. The lowest BCUT2D eigenvalue weighted by atomic mass is 10.1. The fraction of sp³-hybridized carbons (Fsp3) is 0.350. The van der Waals surface area contributed by atoms with Crippen LogP contribution in [0.2, 0.25) is 0 Å². The number of nitrogens with one attached hydrogen (secondary N) is 1. The van der Waals surface area contributed by atoms with Crippen LogP contribution in [0.5, 0.6) is 0 Å². The molecule has 1 aliphatic rings. The number of aliphatic imine (C=N–C) groups is 2. The monoisotopic (exact) mass is 500 g/mol. The highest BCUT2D eigenvalue weighted by molar-refractivity contribution is 5.86. The summed E-state index contributed by atoms with van der Waals surface area (Å²) >= 11 is 0. The third-order valence-corrected chi connectivity index (χ3v) is 5.06. The molecule has 3 aromatic rings. The van der Waals surface area contributed by atoms with E-state index in [-0.39, 0.29) is 24.2 Å². The lowest BCUT2D eigenvalue weighted by Gasteiger charge is -2.27. The molecule has 0 bridgehead atoms. The van der Waals surface area contributed by atoms with E-state index in [9.17, 15) is 26.3 Å². The standard InChI is InChI=1S/C20H18F6N8O/c1-27-18(33-6-8-35-9-7-33)30-17-14(20(24,25)26)10-28-34(17)11-15-29-16(32-31-15)12-2-4-13(5-3-12)19(21,22)23/h2-5,10H,1,6-9,11H2,(H,29,31,32). The van der Waals surface area contributed by atoms with Crippen molar-refractivity contribution >= 4 is 18.5 Å².